The minimum absolute atomic E-state index is 0.591. The summed E-state index contributed by atoms with van der Waals surface area (Å²) in [5, 5.41) is 5.97. The third-order valence-corrected chi connectivity index (χ3v) is 6.58. The minimum Gasteiger partial charge on any atom is -0.355 e. The van der Waals surface area contributed by atoms with Crippen molar-refractivity contribution in [3.05, 3.63) is 122 Å². The van der Waals surface area contributed by atoms with Gasteiger partial charge in [0.05, 0.1) is 15.3 Å². The maximum atomic E-state index is 4.42. The third kappa shape index (κ3) is 4.94. The molecule has 6 aromatic rings. The summed E-state index contributed by atoms with van der Waals surface area (Å²) in [6, 6.07) is 31.2. The highest BCUT2D eigenvalue weighted by atomic mass is 127. The molecule has 0 bridgehead atoms. The van der Waals surface area contributed by atoms with Crippen LogP contribution < -0.4 is 5.32 Å². The van der Waals surface area contributed by atoms with E-state index in [0.29, 0.717) is 11.7 Å². The standard InChI is InChI=1S/C31H22IN7/c1-2-34-30(35-18-32)21-8-7-9-23(14-21)38-24-15-22(31-36-19-33-20-37-31)16-25(17-24)39-28-12-5-3-10-26(28)27-11-4-6-13-29(27)39/h2-20,38H,1H2/b34-30-,35-18-. The zero-order valence-electron chi connectivity index (χ0n) is 20.7. The number of aliphatic imine (C=N–C) groups is 2. The van der Waals surface area contributed by atoms with Crippen LogP contribution in [0.5, 0.6) is 0 Å². The molecule has 0 amide bonds. The van der Waals surface area contributed by atoms with Crippen LogP contribution in [0, 0.1) is 0 Å². The second-order valence-corrected chi connectivity index (χ2v) is 9.22. The lowest BCUT2D eigenvalue weighted by Gasteiger charge is -2.14. The van der Waals surface area contributed by atoms with E-state index in [-0.39, 0.29) is 0 Å². The summed E-state index contributed by atoms with van der Waals surface area (Å²) < 4.78 is 3.97. The van der Waals surface area contributed by atoms with Crippen LogP contribution in [0.2, 0.25) is 0 Å². The molecule has 0 unspecified atom stereocenters. The van der Waals surface area contributed by atoms with Gasteiger partial charge < -0.3 is 9.88 Å². The number of nitrogens with one attached hydrogen (secondary N) is 1. The van der Waals surface area contributed by atoms with E-state index in [2.05, 4.69) is 125 Å². The van der Waals surface area contributed by atoms with Crippen LogP contribution in [0.25, 0.3) is 38.9 Å². The molecule has 0 spiro atoms. The van der Waals surface area contributed by atoms with Crippen molar-refractivity contribution in [3.8, 4) is 17.1 Å². The van der Waals surface area contributed by atoms with Crippen molar-refractivity contribution in [3.63, 3.8) is 0 Å². The molecule has 0 aliphatic rings. The Morgan fingerprint density at radius 2 is 1.54 bits per heavy atom. The highest BCUT2D eigenvalue weighted by Crippen LogP contribution is 2.34. The fourth-order valence-electron chi connectivity index (χ4n) is 4.75. The normalized spacial score (nSPS) is 11.9. The molecule has 0 aliphatic carbocycles. The Kier molecular flexibility index (Phi) is 6.92. The van der Waals surface area contributed by atoms with Crippen molar-refractivity contribution in [2.75, 3.05) is 5.32 Å². The number of rotatable bonds is 6. The molecule has 0 fully saturated rings. The number of fused-ring (bicyclic) bond motifs is 3. The van der Waals surface area contributed by atoms with Crippen molar-refractivity contribution >= 4 is 65.8 Å². The van der Waals surface area contributed by atoms with E-state index in [0.717, 1.165) is 39.2 Å². The van der Waals surface area contributed by atoms with Crippen LogP contribution >= 0.6 is 22.6 Å². The number of hydrogen-bond donors (Lipinski definition) is 1. The SMILES string of the molecule is C=C/N=C(\N=C/I)c1cccc(Nc2cc(-c3ncncn3)cc(-n3c4ccccc4c4ccccc43)c2)c1. The summed E-state index contributed by atoms with van der Waals surface area (Å²) in [4.78, 5) is 21.5. The highest BCUT2D eigenvalue weighted by molar-refractivity contribution is 14.1. The van der Waals surface area contributed by atoms with E-state index in [1.807, 2.05) is 30.3 Å². The van der Waals surface area contributed by atoms with Crippen LogP contribution in [0.1, 0.15) is 5.56 Å². The summed E-state index contributed by atoms with van der Waals surface area (Å²) >= 11 is 2.08. The zero-order valence-corrected chi connectivity index (χ0v) is 22.9. The van der Waals surface area contributed by atoms with Crippen LogP contribution in [-0.2, 0) is 0 Å². The Hall–Kier alpha value is -4.70. The Morgan fingerprint density at radius 3 is 2.23 bits per heavy atom. The van der Waals surface area contributed by atoms with Gasteiger partial charge in [0.2, 0.25) is 0 Å². The molecule has 1 N–H and O–H groups in total. The Bertz CT molecular complexity index is 1820. The molecule has 0 aliphatic heterocycles. The number of para-hydroxylation sites is 2. The van der Waals surface area contributed by atoms with Crippen molar-refractivity contribution in [2.24, 2.45) is 9.98 Å². The number of amidine groups is 1. The average molecular weight is 619 g/mol. The largest absolute Gasteiger partial charge is 0.355 e. The van der Waals surface area contributed by atoms with Crippen molar-refractivity contribution in [1.82, 2.24) is 19.5 Å². The molecule has 8 heteroatoms. The molecule has 2 aromatic heterocycles. The molecule has 0 radical (unpaired) electrons. The molecule has 7 nitrogen and oxygen atoms in total. The lowest BCUT2D eigenvalue weighted by Crippen LogP contribution is -2.01. The second-order valence-electron chi connectivity index (χ2n) is 8.67. The van der Waals surface area contributed by atoms with Gasteiger partial charge in [-0.25, -0.2) is 24.9 Å². The van der Waals surface area contributed by atoms with E-state index < -0.39 is 0 Å². The summed E-state index contributed by atoms with van der Waals surface area (Å²) in [6.07, 6.45) is 4.52. The number of halogens is 1. The molecule has 0 atom stereocenters. The lowest BCUT2D eigenvalue weighted by molar-refractivity contribution is 1.05. The van der Waals surface area contributed by atoms with Gasteiger partial charge in [-0.2, -0.15) is 0 Å². The zero-order chi connectivity index (χ0) is 26.6. The van der Waals surface area contributed by atoms with Crippen LogP contribution in [0.4, 0.5) is 11.4 Å². The van der Waals surface area contributed by atoms with Gasteiger partial charge in [-0.3, -0.25) is 0 Å². The van der Waals surface area contributed by atoms with Crippen molar-refractivity contribution in [2.45, 2.75) is 0 Å². The predicted molar refractivity (Wildman–Crippen MR) is 169 cm³/mol. The molecular weight excluding hydrogens is 597 g/mol. The Balaban J connectivity index is 1.52. The van der Waals surface area contributed by atoms with Crippen molar-refractivity contribution < 1.29 is 0 Å². The fraction of sp³-hybridized carbons (Fsp3) is 0. The average Bonchev–Trinajstić information content (AvgIpc) is 3.32. The minimum atomic E-state index is 0.591. The monoisotopic (exact) mass is 619 g/mol. The first-order chi connectivity index (χ1) is 19.2. The smallest absolute Gasteiger partial charge is 0.162 e. The lowest BCUT2D eigenvalue weighted by atomic mass is 10.1. The van der Waals surface area contributed by atoms with Crippen LogP contribution in [-0.4, -0.2) is 29.6 Å². The van der Waals surface area contributed by atoms with Gasteiger partial charge in [-0.15, -0.1) is 0 Å². The number of nitrogens with zero attached hydrogens (tertiary/aromatic N) is 6. The predicted octanol–water partition coefficient (Wildman–Crippen LogP) is 7.73. The van der Waals surface area contributed by atoms with Crippen LogP contribution in [0.3, 0.4) is 0 Å². The first-order valence-corrected chi connectivity index (χ1v) is 13.4. The molecule has 39 heavy (non-hydrogen) atoms. The molecule has 188 valence electrons. The van der Waals surface area contributed by atoms with Crippen molar-refractivity contribution in [1.29, 1.82) is 0 Å². The molecule has 6 rings (SSSR count). The van der Waals surface area contributed by atoms with Gasteiger partial charge >= 0.3 is 0 Å². The third-order valence-electron chi connectivity index (χ3n) is 6.30. The van der Waals surface area contributed by atoms with Gasteiger partial charge in [0.1, 0.15) is 12.7 Å². The van der Waals surface area contributed by atoms with E-state index in [4.69, 9.17) is 0 Å². The molecule has 0 saturated carbocycles. The molecule has 2 heterocycles. The summed E-state index contributed by atoms with van der Waals surface area (Å²) in [5.74, 6) is 1.19. The number of hydrogen-bond acceptors (Lipinski definition) is 5. The van der Waals surface area contributed by atoms with Gasteiger partial charge in [0.25, 0.3) is 0 Å². The van der Waals surface area contributed by atoms with Gasteiger partial charge in [-0.1, -0.05) is 55.1 Å². The Morgan fingerprint density at radius 1 is 0.821 bits per heavy atom. The second kappa shape index (κ2) is 11.0. The molecule has 4 aromatic carbocycles. The summed E-state index contributed by atoms with van der Waals surface area (Å²) in [6.45, 7) is 3.72. The first kappa shape index (κ1) is 24.6. The number of benzene rings is 4. The van der Waals surface area contributed by atoms with Crippen LogP contribution in [0.15, 0.2) is 126 Å². The van der Waals surface area contributed by atoms with Gasteiger partial charge in [-0.05, 0) is 65.1 Å². The van der Waals surface area contributed by atoms with E-state index in [1.54, 1.807) is 4.22 Å². The quantitative estimate of drug-likeness (QED) is 0.118. The molecular formula is C31H22IN7. The summed E-state index contributed by atoms with van der Waals surface area (Å²) in [7, 11) is 0. The maximum absolute atomic E-state index is 4.42. The maximum Gasteiger partial charge on any atom is 0.162 e. The molecule has 0 saturated heterocycles. The van der Waals surface area contributed by atoms with E-state index in [9.17, 15) is 0 Å². The highest BCUT2D eigenvalue weighted by Gasteiger charge is 2.14. The Labute approximate surface area is 238 Å². The van der Waals surface area contributed by atoms with Gasteiger partial charge in [0, 0.05) is 45.2 Å². The number of aromatic nitrogens is 4. The fourth-order valence-corrected chi connectivity index (χ4v) is 5.01. The topological polar surface area (TPSA) is 80.3 Å². The van der Waals surface area contributed by atoms with E-state index >= 15 is 0 Å². The van der Waals surface area contributed by atoms with E-state index in [1.165, 1.54) is 29.6 Å². The number of anilines is 2. The van der Waals surface area contributed by atoms with Gasteiger partial charge in [0.15, 0.2) is 11.7 Å². The first-order valence-electron chi connectivity index (χ1n) is 12.2. The summed E-state index contributed by atoms with van der Waals surface area (Å²) in [5.41, 5.74) is 6.79.